The minimum Gasteiger partial charge on any atom is -0.0984 e. The summed E-state index contributed by atoms with van der Waals surface area (Å²) in [6.45, 7) is 15.5. The van der Waals surface area contributed by atoms with E-state index in [-0.39, 0.29) is 0 Å². The summed E-state index contributed by atoms with van der Waals surface area (Å²) in [5.74, 6) is 0.741. The average Bonchev–Trinajstić information content (AvgIpc) is 3.73. The van der Waals surface area contributed by atoms with Crippen molar-refractivity contribution in [2.24, 2.45) is 5.92 Å². The normalized spacial score (nSPS) is 19.4. The van der Waals surface area contributed by atoms with Crippen LogP contribution in [-0.4, -0.2) is 0 Å². The molecule has 3 atom stereocenters. The fraction of sp³-hybridized carbons (Fsp3) is 0.143. The standard InChI is InChI=1S/C70H58/c1-6-23-58-54(8-3)65(47(7-2)42-48-26-14-12-24-45(48)4)60-34-18-19-35-61(60)66(58)52-28-22-27-49(44-52)50-38-40-55-51(43-50)39-41-63-67-59-33-17-15-31-56(59)57-32-16-20-36-62(57)69(67)70(68(55)63,53-29-10-9-11-30-53)64-37-21-13-25-46(64)5/h6-12,14-15,17-24,26-31,33-44,57,62H,2-3,13,16,25,32H2,1,4-5H3/b23-6-,47-42+. The van der Waals surface area contributed by atoms with Crippen LogP contribution in [0.15, 0.2) is 224 Å². The predicted octanol–water partition coefficient (Wildman–Crippen LogP) is 18.9. The van der Waals surface area contributed by atoms with E-state index in [2.05, 4.69) is 234 Å². The van der Waals surface area contributed by atoms with Gasteiger partial charge in [0.1, 0.15) is 0 Å². The molecule has 3 unspecified atom stereocenters. The molecule has 0 N–H and O–H groups in total. The number of fused-ring (bicyclic) bond motifs is 10. The monoisotopic (exact) mass is 898 g/mol. The molecule has 0 heteroatoms. The molecular formula is C70H58. The van der Waals surface area contributed by atoms with Crippen molar-refractivity contribution in [2.45, 2.75) is 57.8 Å². The molecule has 4 aliphatic rings. The summed E-state index contributed by atoms with van der Waals surface area (Å²) in [5, 5.41) is 4.97. The summed E-state index contributed by atoms with van der Waals surface area (Å²) >= 11 is 0. The third-order valence-corrected chi connectivity index (χ3v) is 16.1. The van der Waals surface area contributed by atoms with E-state index in [9.17, 15) is 0 Å². The predicted molar refractivity (Wildman–Crippen MR) is 302 cm³/mol. The van der Waals surface area contributed by atoms with Crippen molar-refractivity contribution in [3.8, 4) is 22.3 Å². The van der Waals surface area contributed by atoms with Gasteiger partial charge in [0, 0.05) is 5.92 Å². The Balaban J connectivity index is 1.07. The molecule has 12 rings (SSSR count). The van der Waals surface area contributed by atoms with Crippen molar-refractivity contribution >= 4 is 50.9 Å². The summed E-state index contributed by atoms with van der Waals surface area (Å²) in [4.78, 5) is 0. The first-order valence-electron chi connectivity index (χ1n) is 25.3. The van der Waals surface area contributed by atoms with Gasteiger partial charge in [0.15, 0.2) is 0 Å². The molecule has 70 heavy (non-hydrogen) atoms. The van der Waals surface area contributed by atoms with Gasteiger partial charge < -0.3 is 0 Å². The number of aryl methyl sites for hydroxylation is 1. The van der Waals surface area contributed by atoms with Crippen LogP contribution in [0.1, 0.15) is 101 Å². The van der Waals surface area contributed by atoms with Crippen LogP contribution in [0.3, 0.4) is 0 Å². The lowest BCUT2D eigenvalue weighted by Gasteiger charge is -2.45. The van der Waals surface area contributed by atoms with E-state index in [1.165, 1.54) is 106 Å². The van der Waals surface area contributed by atoms with Gasteiger partial charge in [-0.05, 0) is 192 Å². The van der Waals surface area contributed by atoms with Gasteiger partial charge >= 0.3 is 0 Å². The van der Waals surface area contributed by atoms with Crippen LogP contribution in [0.5, 0.6) is 0 Å². The first-order valence-corrected chi connectivity index (χ1v) is 25.3. The van der Waals surface area contributed by atoms with Crippen molar-refractivity contribution in [3.63, 3.8) is 0 Å². The zero-order valence-corrected chi connectivity index (χ0v) is 40.6. The minimum absolute atomic E-state index is 0.297. The Morgan fingerprint density at radius 3 is 2.24 bits per heavy atom. The highest BCUT2D eigenvalue weighted by molar-refractivity contribution is 6.12. The van der Waals surface area contributed by atoms with E-state index in [0.717, 1.165) is 41.5 Å². The second-order valence-electron chi connectivity index (χ2n) is 19.8. The SMILES string of the molecule is C=C/C(=C\c1ccccc1C)c1c(C=C)c(/C=C\C)c(-c2cccc(-c3ccc4c5c(ccc4c3)C3=C(C4C=CCCC4c4ccccc43)C5(C3=C(C)CCC=C3)c3ccccc3)c2)c2ccccc12. The van der Waals surface area contributed by atoms with Crippen molar-refractivity contribution in [2.75, 3.05) is 0 Å². The largest absolute Gasteiger partial charge is 0.0984 e. The summed E-state index contributed by atoms with van der Waals surface area (Å²) in [6.07, 6.45) is 25.1. The molecule has 0 spiro atoms. The molecule has 0 amide bonds. The first-order chi connectivity index (χ1) is 34.5. The van der Waals surface area contributed by atoms with Crippen LogP contribution in [-0.2, 0) is 5.41 Å². The molecule has 0 saturated carbocycles. The molecule has 0 saturated heterocycles. The molecular weight excluding hydrogens is 841 g/mol. The minimum atomic E-state index is -0.453. The Hall–Kier alpha value is -7.80. The summed E-state index contributed by atoms with van der Waals surface area (Å²) in [7, 11) is 0. The molecule has 4 aliphatic carbocycles. The van der Waals surface area contributed by atoms with Gasteiger partial charge in [0.25, 0.3) is 0 Å². The second-order valence-corrected chi connectivity index (χ2v) is 19.8. The highest BCUT2D eigenvalue weighted by atomic mass is 14.6. The fourth-order valence-electron chi connectivity index (χ4n) is 13.1. The molecule has 8 aromatic rings. The van der Waals surface area contributed by atoms with Crippen LogP contribution in [0.2, 0.25) is 0 Å². The second kappa shape index (κ2) is 17.6. The molecule has 0 aliphatic heterocycles. The third kappa shape index (κ3) is 6.64. The number of rotatable bonds is 9. The lowest BCUT2D eigenvalue weighted by molar-refractivity contribution is 0.469. The zero-order valence-electron chi connectivity index (χ0n) is 40.6. The van der Waals surface area contributed by atoms with Gasteiger partial charge in [-0.1, -0.05) is 213 Å². The van der Waals surface area contributed by atoms with Crippen molar-refractivity contribution in [1.29, 1.82) is 0 Å². The maximum Gasteiger partial charge on any atom is 0.0688 e. The van der Waals surface area contributed by atoms with Gasteiger partial charge in [-0.3, -0.25) is 0 Å². The Bertz CT molecular complexity index is 3670. The first kappa shape index (κ1) is 43.5. The van der Waals surface area contributed by atoms with Crippen LogP contribution >= 0.6 is 0 Å². The molecule has 8 aromatic carbocycles. The maximum absolute atomic E-state index is 4.45. The number of allylic oxidation sites excluding steroid dienone is 10. The van der Waals surface area contributed by atoms with Gasteiger partial charge in [-0.25, -0.2) is 0 Å². The zero-order chi connectivity index (χ0) is 47.5. The average molecular weight is 899 g/mol. The summed E-state index contributed by atoms with van der Waals surface area (Å²) in [6, 6.07) is 59.7. The topological polar surface area (TPSA) is 0 Å². The maximum atomic E-state index is 4.45. The van der Waals surface area contributed by atoms with E-state index < -0.39 is 5.41 Å². The Morgan fingerprint density at radius 2 is 1.43 bits per heavy atom. The molecule has 0 heterocycles. The Labute approximate surface area is 414 Å². The number of hydrogen-bond acceptors (Lipinski definition) is 0. The molecule has 0 radical (unpaired) electrons. The smallest absolute Gasteiger partial charge is 0.0688 e. The van der Waals surface area contributed by atoms with Crippen LogP contribution in [0, 0.1) is 12.8 Å². The van der Waals surface area contributed by atoms with Gasteiger partial charge in [-0.2, -0.15) is 0 Å². The number of hydrogen-bond donors (Lipinski definition) is 0. The van der Waals surface area contributed by atoms with Crippen molar-refractivity contribution in [3.05, 3.63) is 280 Å². The van der Waals surface area contributed by atoms with Crippen LogP contribution in [0.4, 0.5) is 0 Å². The fourth-order valence-corrected chi connectivity index (χ4v) is 13.1. The van der Waals surface area contributed by atoms with Crippen LogP contribution < -0.4 is 0 Å². The molecule has 0 nitrogen and oxygen atoms in total. The van der Waals surface area contributed by atoms with Gasteiger partial charge in [-0.15, -0.1) is 0 Å². The van der Waals surface area contributed by atoms with E-state index in [1.807, 2.05) is 12.2 Å². The summed E-state index contributed by atoms with van der Waals surface area (Å²) in [5.41, 5.74) is 24.3. The van der Waals surface area contributed by atoms with Crippen LogP contribution in [0.25, 0.3) is 73.2 Å². The highest BCUT2D eigenvalue weighted by Crippen LogP contribution is 2.66. The van der Waals surface area contributed by atoms with E-state index in [4.69, 9.17) is 0 Å². The third-order valence-electron chi connectivity index (χ3n) is 16.1. The van der Waals surface area contributed by atoms with Crippen molar-refractivity contribution < 1.29 is 0 Å². The van der Waals surface area contributed by atoms with E-state index >= 15 is 0 Å². The molecule has 0 fully saturated rings. The van der Waals surface area contributed by atoms with Crippen molar-refractivity contribution in [1.82, 2.24) is 0 Å². The highest BCUT2D eigenvalue weighted by Gasteiger charge is 2.55. The number of benzene rings is 8. The quantitative estimate of drug-likeness (QED) is 0.0769. The molecule has 338 valence electrons. The van der Waals surface area contributed by atoms with Gasteiger partial charge in [0.2, 0.25) is 0 Å². The lowest BCUT2D eigenvalue weighted by Crippen LogP contribution is -2.37. The van der Waals surface area contributed by atoms with E-state index in [1.54, 1.807) is 5.57 Å². The molecule has 0 aromatic heterocycles. The molecule has 0 bridgehead atoms. The Morgan fingerprint density at radius 1 is 0.657 bits per heavy atom. The van der Waals surface area contributed by atoms with Gasteiger partial charge in [0.05, 0.1) is 5.41 Å². The Kier molecular flexibility index (Phi) is 10.9. The van der Waals surface area contributed by atoms with E-state index in [0.29, 0.717) is 11.8 Å². The summed E-state index contributed by atoms with van der Waals surface area (Å²) < 4.78 is 0. The lowest BCUT2D eigenvalue weighted by atomic mass is 9.56.